The fourth-order valence-electron chi connectivity index (χ4n) is 2.34. The third-order valence-corrected chi connectivity index (χ3v) is 4.17. The topological polar surface area (TPSA) is 12.0 Å². The zero-order chi connectivity index (χ0) is 11.4. The highest BCUT2D eigenvalue weighted by molar-refractivity contribution is 9.10. The van der Waals surface area contributed by atoms with Crippen molar-refractivity contribution in [2.24, 2.45) is 5.92 Å². The summed E-state index contributed by atoms with van der Waals surface area (Å²) in [5.41, 5.74) is 1.43. The minimum absolute atomic E-state index is 0.645. The first kappa shape index (κ1) is 12.1. The molecule has 0 bridgehead atoms. The third-order valence-electron chi connectivity index (χ3n) is 3.65. The molecule has 1 aromatic carbocycles. The Balaban J connectivity index is 1.87. The van der Waals surface area contributed by atoms with Gasteiger partial charge in [-0.15, -0.1) is 0 Å². The highest BCUT2D eigenvalue weighted by Crippen LogP contribution is 2.31. The predicted molar refractivity (Wildman–Crippen MR) is 72.7 cm³/mol. The number of nitrogens with one attached hydrogen (secondary N) is 1. The summed E-state index contributed by atoms with van der Waals surface area (Å²) in [6.07, 6.45) is 6.82. The minimum atomic E-state index is 0.645. The fourth-order valence-corrected chi connectivity index (χ4v) is 2.60. The maximum absolute atomic E-state index is 3.47. The second kappa shape index (κ2) is 5.83. The van der Waals surface area contributed by atoms with Gasteiger partial charge in [-0.05, 0) is 43.5 Å². The van der Waals surface area contributed by atoms with Crippen molar-refractivity contribution in [1.82, 2.24) is 5.32 Å². The number of rotatable bonds is 5. The lowest BCUT2D eigenvalue weighted by Gasteiger charge is -2.29. The van der Waals surface area contributed by atoms with Crippen LogP contribution in [0, 0.1) is 5.92 Å². The van der Waals surface area contributed by atoms with Gasteiger partial charge in [-0.3, -0.25) is 0 Å². The van der Waals surface area contributed by atoms with Gasteiger partial charge in [-0.2, -0.15) is 0 Å². The van der Waals surface area contributed by atoms with Gasteiger partial charge < -0.3 is 5.32 Å². The van der Waals surface area contributed by atoms with Gasteiger partial charge >= 0.3 is 0 Å². The van der Waals surface area contributed by atoms with Crippen molar-refractivity contribution in [1.29, 1.82) is 0 Å². The molecule has 16 heavy (non-hydrogen) atoms. The van der Waals surface area contributed by atoms with Crippen LogP contribution in [0.15, 0.2) is 28.7 Å². The number of hydrogen-bond donors (Lipinski definition) is 1. The molecule has 2 heteroatoms. The van der Waals surface area contributed by atoms with Gasteiger partial charge in [0.15, 0.2) is 0 Å². The van der Waals surface area contributed by atoms with Crippen molar-refractivity contribution < 1.29 is 0 Å². The van der Waals surface area contributed by atoms with Crippen molar-refractivity contribution in [2.45, 2.75) is 38.1 Å². The first-order valence-electron chi connectivity index (χ1n) is 6.19. The van der Waals surface area contributed by atoms with Crippen LogP contribution in [0.25, 0.3) is 0 Å². The summed E-state index contributed by atoms with van der Waals surface area (Å²) in [6.45, 7) is 0. The largest absolute Gasteiger partial charge is 0.317 e. The normalized spacial score (nSPS) is 18.1. The second-order valence-corrected chi connectivity index (χ2v) is 5.76. The summed E-state index contributed by atoms with van der Waals surface area (Å²) >= 11 is 3.47. The van der Waals surface area contributed by atoms with E-state index in [1.165, 1.54) is 31.2 Å². The van der Waals surface area contributed by atoms with Gasteiger partial charge in [0, 0.05) is 10.5 Å². The molecule has 0 aromatic heterocycles. The Morgan fingerprint density at radius 3 is 2.50 bits per heavy atom. The van der Waals surface area contributed by atoms with Crippen molar-refractivity contribution in [3.8, 4) is 0 Å². The van der Waals surface area contributed by atoms with E-state index < -0.39 is 0 Å². The standard InChI is InChI=1S/C14H20BrN/c1-16-14(9-11-3-2-4-11)10-12-5-7-13(15)8-6-12/h5-8,11,14,16H,2-4,9-10H2,1H3. The molecule has 1 aliphatic carbocycles. The average molecular weight is 282 g/mol. The van der Waals surface area contributed by atoms with Crippen LogP contribution < -0.4 is 5.32 Å². The van der Waals surface area contributed by atoms with E-state index in [2.05, 4.69) is 52.6 Å². The predicted octanol–water partition coefficient (Wildman–Crippen LogP) is 3.77. The molecule has 0 radical (unpaired) electrons. The molecule has 1 unspecified atom stereocenters. The lowest BCUT2D eigenvalue weighted by molar-refractivity contribution is 0.263. The zero-order valence-electron chi connectivity index (χ0n) is 9.88. The van der Waals surface area contributed by atoms with E-state index in [1.807, 2.05) is 0 Å². The molecule has 1 N–H and O–H groups in total. The van der Waals surface area contributed by atoms with Crippen molar-refractivity contribution in [3.63, 3.8) is 0 Å². The van der Waals surface area contributed by atoms with Gasteiger partial charge in [0.25, 0.3) is 0 Å². The summed E-state index contributed by atoms with van der Waals surface area (Å²) in [7, 11) is 2.09. The SMILES string of the molecule is CNC(Cc1ccc(Br)cc1)CC1CCC1. The maximum Gasteiger partial charge on any atom is 0.0175 e. The molecule has 1 saturated carbocycles. The van der Waals surface area contributed by atoms with Gasteiger partial charge in [0.1, 0.15) is 0 Å². The van der Waals surface area contributed by atoms with Crippen LogP contribution in [0.4, 0.5) is 0 Å². The molecule has 1 aliphatic rings. The van der Waals surface area contributed by atoms with E-state index in [9.17, 15) is 0 Å². The molecule has 1 aromatic rings. The van der Waals surface area contributed by atoms with Crippen molar-refractivity contribution in [3.05, 3.63) is 34.3 Å². The molecule has 2 rings (SSSR count). The Hall–Kier alpha value is -0.340. The molecule has 1 atom stereocenters. The number of benzene rings is 1. The van der Waals surface area contributed by atoms with E-state index in [4.69, 9.17) is 0 Å². The van der Waals surface area contributed by atoms with Crippen molar-refractivity contribution in [2.75, 3.05) is 7.05 Å². The Morgan fingerprint density at radius 2 is 2.00 bits per heavy atom. The van der Waals surface area contributed by atoms with Crippen molar-refractivity contribution >= 4 is 15.9 Å². The van der Waals surface area contributed by atoms with Crippen LogP contribution >= 0.6 is 15.9 Å². The first-order chi connectivity index (χ1) is 7.78. The molecule has 0 amide bonds. The Labute approximate surface area is 107 Å². The molecule has 0 heterocycles. The van der Waals surface area contributed by atoms with E-state index in [-0.39, 0.29) is 0 Å². The monoisotopic (exact) mass is 281 g/mol. The van der Waals surface area contributed by atoms with Crippen LogP contribution in [0.3, 0.4) is 0 Å². The molecule has 1 fully saturated rings. The molecular weight excluding hydrogens is 262 g/mol. The fraction of sp³-hybridized carbons (Fsp3) is 0.571. The maximum atomic E-state index is 3.47. The van der Waals surface area contributed by atoms with Gasteiger partial charge in [-0.1, -0.05) is 47.3 Å². The number of hydrogen-bond acceptors (Lipinski definition) is 1. The van der Waals surface area contributed by atoms with Gasteiger partial charge in [-0.25, -0.2) is 0 Å². The molecule has 0 spiro atoms. The van der Waals surface area contributed by atoms with Gasteiger partial charge in [0.05, 0.1) is 0 Å². The Bertz CT molecular complexity index is 316. The van der Waals surface area contributed by atoms with Gasteiger partial charge in [0.2, 0.25) is 0 Å². The average Bonchev–Trinajstić information content (AvgIpc) is 2.24. The number of halogens is 1. The molecular formula is C14H20BrN. The van der Waals surface area contributed by atoms with Crippen LogP contribution in [-0.2, 0) is 6.42 Å². The first-order valence-corrected chi connectivity index (χ1v) is 6.99. The highest BCUT2D eigenvalue weighted by atomic mass is 79.9. The number of likely N-dealkylation sites (N-methyl/N-ethyl adjacent to an activating group) is 1. The van der Waals surface area contributed by atoms with E-state index in [0.717, 1.165) is 16.8 Å². The smallest absolute Gasteiger partial charge is 0.0175 e. The van der Waals surface area contributed by atoms with E-state index in [1.54, 1.807) is 0 Å². The Morgan fingerprint density at radius 1 is 1.31 bits per heavy atom. The minimum Gasteiger partial charge on any atom is -0.317 e. The second-order valence-electron chi connectivity index (χ2n) is 4.85. The summed E-state index contributed by atoms with van der Waals surface area (Å²) in [5, 5.41) is 3.45. The molecule has 1 nitrogen and oxygen atoms in total. The van der Waals surface area contributed by atoms with Crippen LogP contribution in [-0.4, -0.2) is 13.1 Å². The highest BCUT2D eigenvalue weighted by Gasteiger charge is 2.21. The molecule has 0 aliphatic heterocycles. The zero-order valence-corrected chi connectivity index (χ0v) is 11.5. The van der Waals surface area contributed by atoms with Crippen LogP contribution in [0.5, 0.6) is 0 Å². The molecule has 0 saturated heterocycles. The molecule has 88 valence electrons. The Kier molecular flexibility index (Phi) is 4.42. The lowest BCUT2D eigenvalue weighted by Crippen LogP contribution is -2.31. The quantitative estimate of drug-likeness (QED) is 0.867. The summed E-state index contributed by atoms with van der Waals surface area (Å²) in [4.78, 5) is 0. The summed E-state index contributed by atoms with van der Waals surface area (Å²) in [6, 6.07) is 9.34. The summed E-state index contributed by atoms with van der Waals surface area (Å²) < 4.78 is 1.16. The summed E-state index contributed by atoms with van der Waals surface area (Å²) in [5.74, 6) is 0.980. The van der Waals surface area contributed by atoms with Crippen LogP contribution in [0.1, 0.15) is 31.2 Å². The van der Waals surface area contributed by atoms with E-state index >= 15 is 0 Å². The third kappa shape index (κ3) is 3.33. The van der Waals surface area contributed by atoms with Crippen LogP contribution in [0.2, 0.25) is 0 Å². The van der Waals surface area contributed by atoms with E-state index in [0.29, 0.717) is 6.04 Å². The lowest BCUT2D eigenvalue weighted by atomic mass is 9.80.